The maximum Gasteiger partial charge on any atom is 0.150 e. The van der Waals surface area contributed by atoms with Crippen molar-refractivity contribution in [1.29, 1.82) is 0 Å². The van der Waals surface area contributed by atoms with Gasteiger partial charge in [-0.15, -0.1) is 0 Å². The number of anilines is 1. The molecule has 2 aromatic carbocycles. The van der Waals surface area contributed by atoms with Crippen LogP contribution in [0.15, 0.2) is 48.5 Å². The topological polar surface area (TPSA) is 15.7 Å². The van der Waals surface area contributed by atoms with Crippen LogP contribution in [0.2, 0.25) is 0 Å². The van der Waals surface area contributed by atoms with E-state index in [9.17, 15) is 0 Å². The van der Waals surface area contributed by atoms with E-state index in [1.54, 1.807) is 0 Å². The first-order valence-electron chi connectivity index (χ1n) is 8.29. The van der Waals surface area contributed by atoms with Gasteiger partial charge in [0.25, 0.3) is 0 Å². The van der Waals surface area contributed by atoms with Crippen molar-refractivity contribution in [3.8, 4) is 11.5 Å². The van der Waals surface area contributed by atoms with Gasteiger partial charge in [-0.1, -0.05) is 30.3 Å². The number of ether oxygens (including phenoxy) is 1. The van der Waals surface area contributed by atoms with E-state index in [4.69, 9.17) is 4.74 Å². The first-order chi connectivity index (χ1) is 11.0. The van der Waals surface area contributed by atoms with E-state index in [0.717, 1.165) is 31.0 Å². The summed E-state index contributed by atoms with van der Waals surface area (Å²) in [5.74, 6) is 1.90. The average molecular weight is 310 g/mol. The average Bonchev–Trinajstić information content (AvgIpc) is 2.61. The first-order valence-corrected chi connectivity index (χ1v) is 8.29. The molecule has 0 radical (unpaired) electrons. The minimum Gasteiger partial charge on any atom is -0.455 e. The Morgan fingerprint density at radius 1 is 0.957 bits per heavy atom. The summed E-state index contributed by atoms with van der Waals surface area (Å²) in [4.78, 5) is 4.72. The molecule has 3 rings (SSSR count). The lowest BCUT2D eigenvalue weighted by Gasteiger charge is -2.40. The van der Waals surface area contributed by atoms with Crippen LogP contribution < -0.4 is 9.64 Å². The highest BCUT2D eigenvalue weighted by molar-refractivity contribution is 5.65. The zero-order chi connectivity index (χ0) is 16.4. The Kier molecular flexibility index (Phi) is 4.31. The summed E-state index contributed by atoms with van der Waals surface area (Å²) in [6, 6.07) is 16.7. The lowest BCUT2D eigenvalue weighted by atomic mass is 9.91. The lowest BCUT2D eigenvalue weighted by molar-refractivity contribution is 0.386. The molecule has 0 saturated carbocycles. The zero-order valence-corrected chi connectivity index (χ0v) is 14.5. The highest BCUT2D eigenvalue weighted by Crippen LogP contribution is 2.46. The molecule has 0 spiro atoms. The van der Waals surface area contributed by atoms with Crippen LogP contribution in [0.3, 0.4) is 0 Å². The van der Waals surface area contributed by atoms with Gasteiger partial charge < -0.3 is 14.5 Å². The number of fused-ring (bicyclic) bond motifs is 2. The second-order valence-electron chi connectivity index (χ2n) is 6.93. The molecule has 0 unspecified atom stereocenters. The number of benzene rings is 2. The summed E-state index contributed by atoms with van der Waals surface area (Å²) in [5, 5.41) is 0. The molecule has 0 atom stereocenters. The van der Waals surface area contributed by atoms with Crippen LogP contribution in [0.1, 0.15) is 25.8 Å². The van der Waals surface area contributed by atoms with Crippen molar-refractivity contribution >= 4 is 5.69 Å². The van der Waals surface area contributed by atoms with Crippen LogP contribution in [0.4, 0.5) is 5.69 Å². The summed E-state index contributed by atoms with van der Waals surface area (Å²) in [6.45, 7) is 6.65. The standard InChI is InChI=1S/C20H26N2O/c1-20(2)16-10-5-7-12-18(16)23-19-13-8-6-11-17(19)22(20)15-9-14-21(3)4/h5-8,10-13H,9,14-15H2,1-4H3. The summed E-state index contributed by atoms with van der Waals surface area (Å²) < 4.78 is 6.24. The van der Waals surface area contributed by atoms with Gasteiger partial charge >= 0.3 is 0 Å². The van der Waals surface area contributed by atoms with Gasteiger partial charge in [0.05, 0.1) is 11.2 Å². The van der Waals surface area contributed by atoms with E-state index in [1.807, 2.05) is 12.1 Å². The highest BCUT2D eigenvalue weighted by atomic mass is 16.5. The van der Waals surface area contributed by atoms with Crippen LogP contribution >= 0.6 is 0 Å². The van der Waals surface area contributed by atoms with Crippen molar-refractivity contribution < 1.29 is 4.74 Å². The van der Waals surface area contributed by atoms with E-state index in [-0.39, 0.29) is 5.54 Å². The first kappa shape index (κ1) is 15.9. The van der Waals surface area contributed by atoms with Gasteiger partial charge in [0.2, 0.25) is 0 Å². The third-order valence-electron chi connectivity index (χ3n) is 4.58. The maximum absolute atomic E-state index is 6.24. The summed E-state index contributed by atoms with van der Waals surface area (Å²) in [5.41, 5.74) is 2.30. The largest absolute Gasteiger partial charge is 0.455 e. The van der Waals surface area contributed by atoms with E-state index in [2.05, 4.69) is 74.1 Å². The zero-order valence-electron chi connectivity index (χ0n) is 14.5. The molecular weight excluding hydrogens is 284 g/mol. The van der Waals surface area contributed by atoms with Gasteiger partial charge in [-0.2, -0.15) is 0 Å². The SMILES string of the molecule is CN(C)CCCN1c2ccccc2Oc2ccccc2C1(C)C. The number of hydrogen-bond acceptors (Lipinski definition) is 3. The molecule has 1 heterocycles. The Hall–Kier alpha value is -2.00. The molecule has 122 valence electrons. The Bertz CT molecular complexity index is 679. The molecule has 0 N–H and O–H groups in total. The van der Waals surface area contributed by atoms with Crippen molar-refractivity contribution in [2.24, 2.45) is 0 Å². The third kappa shape index (κ3) is 3.06. The predicted molar refractivity (Wildman–Crippen MR) is 96.5 cm³/mol. The van der Waals surface area contributed by atoms with Gasteiger partial charge in [0, 0.05) is 12.1 Å². The summed E-state index contributed by atoms with van der Waals surface area (Å²) in [6.07, 6.45) is 1.12. The summed E-state index contributed by atoms with van der Waals surface area (Å²) in [7, 11) is 4.25. The fourth-order valence-electron chi connectivity index (χ4n) is 3.34. The molecular formula is C20H26N2O. The molecule has 0 bridgehead atoms. The second-order valence-corrected chi connectivity index (χ2v) is 6.93. The molecule has 1 aliphatic rings. The van der Waals surface area contributed by atoms with Crippen molar-refractivity contribution in [1.82, 2.24) is 4.90 Å². The van der Waals surface area contributed by atoms with E-state index < -0.39 is 0 Å². The monoisotopic (exact) mass is 310 g/mol. The van der Waals surface area contributed by atoms with Crippen LogP contribution in [0, 0.1) is 0 Å². The minimum atomic E-state index is -0.116. The fraction of sp³-hybridized carbons (Fsp3) is 0.400. The van der Waals surface area contributed by atoms with Gasteiger partial charge in [0.15, 0.2) is 5.75 Å². The number of nitrogens with zero attached hydrogens (tertiary/aromatic N) is 2. The lowest BCUT2D eigenvalue weighted by Crippen LogP contribution is -2.42. The van der Waals surface area contributed by atoms with E-state index in [0.29, 0.717) is 0 Å². The molecule has 3 nitrogen and oxygen atoms in total. The molecule has 0 amide bonds. The molecule has 2 aromatic rings. The van der Waals surface area contributed by atoms with Crippen LogP contribution in [0.5, 0.6) is 11.5 Å². The Labute approximate surface area is 139 Å². The maximum atomic E-state index is 6.24. The number of hydrogen-bond donors (Lipinski definition) is 0. The molecule has 0 aliphatic carbocycles. The van der Waals surface area contributed by atoms with E-state index in [1.165, 1.54) is 11.3 Å². The quantitative estimate of drug-likeness (QED) is 0.828. The smallest absolute Gasteiger partial charge is 0.150 e. The molecule has 0 aromatic heterocycles. The molecule has 0 fully saturated rings. The minimum absolute atomic E-state index is 0.116. The van der Waals surface area contributed by atoms with Crippen molar-refractivity contribution in [3.05, 3.63) is 54.1 Å². The molecule has 1 aliphatic heterocycles. The van der Waals surface area contributed by atoms with Crippen LogP contribution in [-0.4, -0.2) is 32.1 Å². The second kappa shape index (κ2) is 6.25. The predicted octanol–water partition coefficient (Wildman–Crippen LogP) is 4.49. The Morgan fingerprint density at radius 3 is 2.35 bits per heavy atom. The van der Waals surface area contributed by atoms with Crippen molar-refractivity contribution in [2.75, 3.05) is 32.1 Å². The van der Waals surface area contributed by atoms with E-state index >= 15 is 0 Å². The number of rotatable bonds is 4. The van der Waals surface area contributed by atoms with Crippen molar-refractivity contribution in [3.63, 3.8) is 0 Å². The van der Waals surface area contributed by atoms with Crippen molar-refractivity contribution in [2.45, 2.75) is 25.8 Å². The third-order valence-corrected chi connectivity index (χ3v) is 4.58. The molecule has 23 heavy (non-hydrogen) atoms. The van der Waals surface area contributed by atoms with Gasteiger partial charge in [-0.3, -0.25) is 0 Å². The molecule has 0 saturated heterocycles. The van der Waals surface area contributed by atoms with Crippen LogP contribution in [-0.2, 0) is 5.54 Å². The Balaban J connectivity index is 2.04. The normalized spacial score (nSPS) is 15.6. The summed E-state index contributed by atoms with van der Waals surface area (Å²) >= 11 is 0. The van der Waals surface area contributed by atoms with Gasteiger partial charge in [-0.05, 0) is 59.1 Å². The Morgan fingerprint density at radius 2 is 1.61 bits per heavy atom. The fourth-order valence-corrected chi connectivity index (χ4v) is 3.34. The number of para-hydroxylation sites is 3. The molecule has 3 heteroatoms. The highest BCUT2D eigenvalue weighted by Gasteiger charge is 2.35. The van der Waals surface area contributed by atoms with Gasteiger partial charge in [0.1, 0.15) is 5.75 Å². The van der Waals surface area contributed by atoms with Crippen LogP contribution in [0.25, 0.3) is 0 Å². The van der Waals surface area contributed by atoms with Gasteiger partial charge in [-0.25, -0.2) is 0 Å².